The van der Waals surface area contributed by atoms with Crippen LogP contribution in [0.5, 0.6) is 0 Å². The first kappa shape index (κ1) is 19.2. The molecular weight excluding hydrogens is 415 g/mol. The van der Waals surface area contributed by atoms with Crippen LogP contribution in [0.25, 0.3) is 0 Å². The maximum atomic E-state index is 13.1. The second kappa shape index (κ2) is 7.82. The van der Waals surface area contributed by atoms with E-state index in [4.69, 9.17) is 23.2 Å². The van der Waals surface area contributed by atoms with Crippen LogP contribution in [0.3, 0.4) is 0 Å². The van der Waals surface area contributed by atoms with Crippen molar-refractivity contribution in [2.75, 3.05) is 10.6 Å². The van der Waals surface area contributed by atoms with Gasteiger partial charge < -0.3 is 10.6 Å². The van der Waals surface area contributed by atoms with E-state index in [1.807, 2.05) is 60.7 Å². The Morgan fingerprint density at radius 1 is 0.933 bits per heavy atom. The van der Waals surface area contributed by atoms with E-state index in [1.165, 1.54) is 0 Å². The third-order valence-corrected chi connectivity index (χ3v) is 6.64. The Hall–Kier alpha value is -2.75. The molecule has 3 aromatic carbocycles. The first-order chi connectivity index (χ1) is 14.6. The monoisotopic (exact) mass is 434 g/mol. The Morgan fingerprint density at radius 2 is 1.67 bits per heavy atom. The molecule has 30 heavy (non-hydrogen) atoms. The molecular formula is C25H20Cl2N2O. The molecule has 0 aromatic heterocycles. The van der Waals surface area contributed by atoms with Gasteiger partial charge in [0, 0.05) is 27.2 Å². The second-order valence-electron chi connectivity index (χ2n) is 7.70. The SMILES string of the molecule is O=C(Nc1ccccc1)c1cccc2c1NC(c1c(Cl)cccc1Cl)C1CC=CC21. The maximum Gasteiger partial charge on any atom is 0.257 e. The summed E-state index contributed by atoms with van der Waals surface area (Å²) in [5.41, 5.74) is 4.25. The highest BCUT2D eigenvalue weighted by molar-refractivity contribution is 6.36. The number of hydrogen-bond donors (Lipinski definition) is 2. The highest BCUT2D eigenvalue weighted by atomic mass is 35.5. The first-order valence-electron chi connectivity index (χ1n) is 10.00. The number of allylic oxidation sites excluding steroid dienone is 2. The lowest BCUT2D eigenvalue weighted by atomic mass is 9.76. The highest BCUT2D eigenvalue weighted by Crippen LogP contribution is 2.52. The Bertz CT molecular complexity index is 1120. The van der Waals surface area contributed by atoms with Crippen LogP contribution in [-0.2, 0) is 0 Å². The minimum absolute atomic E-state index is 0.0793. The zero-order valence-corrected chi connectivity index (χ0v) is 17.6. The molecule has 3 nitrogen and oxygen atoms in total. The van der Waals surface area contributed by atoms with Crippen molar-refractivity contribution in [1.82, 2.24) is 0 Å². The Labute approximate surface area is 185 Å². The molecule has 0 saturated carbocycles. The van der Waals surface area contributed by atoms with Crippen molar-refractivity contribution in [2.24, 2.45) is 5.92 Å². The predicted molar refractivity (Wildman–Crippen MR) is 124 cm³/mol. The molecule has 1 aliphatic carbocycles. The third kappa shape index (κ3) is 3.28. The molecule has 5 heteroatoms. The number of amides is 1. The number of halogens is 2. The van der Waals surface area contributed by atoms with Gasteiger partial charge in [0.15, 0.2) is 0 Å². The van der Waals surface area contributed by atoms with Crippen molar-refractivity contribution in [3.05, 3.63) is 106 Å². The summed E-state index contributed by atoms with van der Waals surface area (Å²) in [6.07, 6.45) is 5.38. The smallest absolute Gasteiger partial charge is 0.257 e. The van der Waals surface area contributed by atoms with Crippen molar-refractivity contribution in [1.29, 1.82) is 0 Å². The summed E-state index contributed by atoms with van der Waals surface area (Å²) < 4.78 is 0. The summed E-state index contributed by atoms with van der Waals surface area (Å²) in [7, 11) is 0. The van der Waals surface area contributed by atoms with Crippen LogP contribution in [0, 0.1) is 5.92 Å². The zero-order chi connectivity index (χ0) is 20.7. The molecule has 2 N–H and O–H groups in total. The maximum absolute atomic E-state index is 13.1. The topological polar surface area (TPSA) is 41.1 Å². The number of hydrogen-bond acceptors (Lipinski definition) is 2. The minimum atomic E-state index is -0.144. The average Bonchev–Trinajstić information content (AvgIpc) is 3.24. The molecule has 0 fully saturated rings. The summed E-state index contributed by atoms with van der Waals surface area (Å²) >= 11 is 13.1. The Balaban J connectivity index is 1.58. The van der Waals surface area contributed by atoms with Crippen LogP contribution >= 0.6 is 23.2 Å². The molecule has 1 amide bonds. The molecule has 150 valence electrons. The number of anilines is 2. The van der Waals surface area contributed by atoms with Crippen LogP contribution in [0.2, 0.25) is 10.0 Å². The van der Waals surface area contributed by atoms with E-state index in [0.717, 1.165) is 28.9 Å². The molecule has 0 spiro atoms. The van der Waals surface area contributed by atoms with Gasteiger partial charge in [-0.3, -0.25) is 4.79 Å². The average molecular weight is 435 g/mol. The molecule has 2 aliphatic rings. The molecule has 0 radical (unpaired) electrons. The largest absolute Gasteiger partial charge is 0.377 e. The Morgan fingerprint density at radius 3 is 2.43 bits per heavy atom. The number of nitrogens with one attached hydrogen (secondary N) is 2. The lowest BCUT2D eigenvalue weighted by Gasteiger charge is -2.39. The van der Waals surface area contributed by atoms with E-state index >= 15 is 0 Å². The Kier molecular flexibility index (Phi) is 5.01. The number of fused-ring (bicyclic) bond motifs is 3. The molecule has 0 bridgehead atoms. The lowest BCUT2D eigenvalue weighted by Crippen LogP contribution is -2.31. The summed E-state index contributed by atoms with van der Waals surface area (Å²) in [6.45, 7) is 0. The number of para-hydroxylation sites is 2. The molecule has 5 rings (SSSR count). The van der Waals surface area contributed by atoms with E-state index in [9.17, 15) is 4.79 Å². The summed E-state index contributed by atoms with van der Waals surface area (Å²) in [4.78, 5) is 13.1. The van der Waals surface area contributed by atoms with Crippen molar-refractivity contribution in [3.8, 4) is 0 Å². The first-order valence-corrected chi connectivity index (χ1v) is 10.8. The van der Waals surface area contributed by atoms with Gasteiger partial charge in [0.05, 0.1) is 17.3 Å². The lowest BCUT2D eigenvalue weighted by molar-refractivity contribution is 0.102. The third-order valence-electron chi connectivity index (χ3n) is 5.98. The van der Waals surface area contributed by atoms with E-state index in [0.29, 0.717) is 21.5 Å². The second-order valence-corrected chi connectivity index (χ2v) is 8.52. The van der Waals surface area contributed by atoms with E-state index in [-0.39, 0.29) is 17.9 Å². The van der Waals surface area contributed by atoms with Crippen molar-refractivity contribution >= 4 is 40.5 Å². The molecule has 0 saturated heterocycles. The fraction of sp³-hybridized carbons (Fsp3) is 0.160. The van der Waals surface area contributed by atoms with Gasteiger partial charge in [0.2, 0.25) is 0 Å². The van der Waals surface area contributed by atoms with Crippen molar-refractivity contribution in [3.63, 3.8) is 0 Å². The van der Waals surface area contributed by atoms with Gasteiger partial charge in [-0.15, -0.1) is 0 Å². The number of carbonyl (C=O) groups is 1. The van der Waals surface area contributed by atoms with Gasteiger partial charge in [0.25, 0.3) is 5.91 Å². The standard InChI is InChI=1S/C25H20Cl2N2O/c26-20-13-6-14-21(27)22(20)24-18-11-4-9-16(18)17-10-5-12-19(23(17)29-24)25(30)28-15-7-2-1-3-8-15/h1-10,12-14,16,18,24,29H,11H2,(H,28,30). The fourth-order valence-electron chi connectivity index (χ4n) is 4.62. The number of carbonyl (C=O) groups excluding carboxylic acids is 1. The molecule has 3 aromatic rings. The van der Waals surface area contributed by atoms with Gasteiger partial charge in [-0.25, -0.2) is 0 Å². The minimum Gasteiger partial charge on any atom is -0.377 e. The van der Waals surface area contributed by atoms with Gasteiger partial charge in [-0.1, -0.05) is 71.8 Å². The number of benzene rings is 3. The van der Waals surface area contributed by atoms with Gasteiger partial charge >= 0.3 is 0 Å². The zero-order valence-electron chi connectivity index (χ0n) is 16.1. The van der Waals surface area contributed by atoms with Crippen LogP contribution in [0.4, 0.5) is 11.4 Å². The van der Waals surface area contributed by atoms with Crippen LogP contribution < -0.4 is 10.6 Å². The van der Waals surface area contributed by atoms with Crippen LogP contribution in [-0.4, -0.2) is 5.91 Å². The van der Waals surface area contributed by atoms with Gasteiger partial charge in [-0.2, -0.15) is 0 Å². The molecule has 3 atom stereocenters. The van der Waals surface area contributed by atoms with Gasteiger partial charge in [-0.05, 0) is 48.2 Å². The summed E-state index contributed by atoms with van der Waals surface area (Å²) in [5.74, 6) is 0.361. The quantitative estimate of drug-likeness (QED) is 0.432. The fourth-order valence-corrected chi connectivity index (χ4v) is 5.26. The van der Waals surface area contributed by atoms with E-state index in [2.05, 4.69) is 28.9 Å². The molecule has 3 unspecified atom stereocenters. The van der Waals surface area contributed by atoms with Gasteiger partial charge in [0.1, 0.15) is 0 Å². The number of rotatable bonds is 3. The predicted octanol–water partition coefficient (Wildman–Crippen LogP) is 7.07. The van der Waals surface area contributed by atoms with Crippen molar-refractivity contribution < 1.29 is 4.79 Å². The van der Waals surface area contributed by atoms with E-state index < -0.39 is 0 Å². The van der Waals surface area contributed by atoms with Crippen LogP contribution in [0.15, 0.2) is 78.9 Å². The normalized spacial score (nSPS) is 21.5. The van der Waals surface area contributed by atoms with Crippen molar-refractivity contribution in [2.45, 2.75) is 18.4 Å². The summed E-state index contributed by atoms with van der Waals surface area (Å²) in [6, 6.07) is 20.9. The highest BCUT2D eigenvalue weighted by Gasteiger charge is 2.40. The van der Waals surface area contributed by atoms with E-state index in [1.54, 1.807) is 0 Å². The molecule has 1 heterocycles. The van der Waals surface area contributed by atoms with Crippen LogP contribution in [0.1, 0.15) is 39.9 Å². The molecule has 1 aliphatic heterocycles. The summed E-state index contributed by atoms with van der Waals surface area (Å²) in [5, 5.41) is 7.91.